The molecule has 1 heterocycles. The summed E-state index contributed by atoms with van der Waals surface area (Å²) < 4.78 is 118. The average molecular weight is 378 g/mol. The van der Waals surface area contributed by atoms with Gasteiger partial charge in [-0.25, -0.2) is 0 Å². The number of rotatable bonds is 0. The van der Waals surface area contributed by atoms with Gasteiger partial charge >= 0.3 is 99.9 Å². The van der Waals surface area contributed by atoms with Crippen LogP contribution in [-0.2, 0) is 0 Å². The summed E-state index contributed by atoms with van der Waals surface area (Å²) in [5.74, 6) is 0. The topological polar surface area (TPSA) is 12.9 Å². The molecule has 1 rings (SSSR count). The molecule has 0 spiro atoms. The fourth-order valence-corrected chi connectivity index (χ4v) is 0.981. The monoisotopic (exact) mass is 378 g/mol. The van der Waals surface area contributed by atoms with Crippen molar-refractivity contribution >= 4 is 70.5 Å². The normalized spacial score (nSPS) is 11.0. The number of nitrogens with zero attached hydrogens (tertiary/aromatic N) is 1. The number of hydrogen-bond acceptors (Lipinski definition) is 1. The van der Waals surface area contributed by atoms with E-state index in [0.29, 0.717) is 0 Å². The molecule has 1 nitrogen and oxygen atoms in total. The number of hydrogen-bond donors (Lipinski definition) is 0. The summed E-state index contributed by atoms with van der Waals surface area (Å²) in [6.45, 7) is 0. The van der Waals surface area contributed by atoms with Crippen LogP contribution in [0.1, 0.15) is 0 Å². The van der Waals surface area contributed by atoms with Gasteiger partial charge in [-0.2, -0.15) is 0 Å². The van der Waals surface area contributed by atoms with Crippen LogP contribution in [0.25, 0.3) is 0 Å². The van der Waals surface area contributed by atoms with E-state index in [1.54, 1.807) is 0 Å². The first-order chi connectivity index (χ1) is 9.39. The zero-order valence-corrected chi connectivity index (χ0v) is 13.6. The fraction of sp³-hybridized carbons (Fsp3) is 0. The maximum atomic E-state index is 9.75. The van der Waals surface area contributed by atoms with Crippen LogP contribution in [0.3, 0.4) is 0 Å². The first-order valence-corrected chi connectivity index (χ1v) is 6.45. The van der Waals surface area contributed by atoms with Gasteiger partial charge < -0.3 is 51.8 Å². The van der Waals surface area contributed by atoms with Gasteiger partial charge in [-0.1, -0.05) is 0 Å². The maximum absolute atomic E-state index is 9.75. The second kappa shape index (κ2) is 12.6. The Morgan fingerprint density at radius 3 is 1.00 bits per heavy atom. The molecule has 1 aromatic rings. The van der Waals surface area contributed by atoms with Gasteiger partial charge in [-0.05, 0) is 0 Å². The first kappa shape index (κ1) is 27.0. The van der Waals surface area contributed by atoms with Crippen LogP contribution in [0.4, 0.5) is 51.8 Å². The zero-order chi connectivity index (χ0) is 18.6. The number of pyridine rings is 1. The van der Waals surface area contributed by atoms with Crippen LogP contribution < -0.4 is -0.212 Å². The molecule has 0 atom stereocenters. The molecule has 0 fully saturated rings. The average Bonchev–Trinajstić information content (AvgIpc) is 2.09. The van der Waals surface area contributed by atoms with Crippen molar-refractivity contribution < 1.29 is 51.8 Å². The molecule has 0 radical (unpaired) electrons. The van der Waals surface area contributed by atoms with Crippen LogP contribution >= 0.6 is 0 Å². The molecule has 0 bridgehead atoms. The van der Waals surface area contributed by atoms with E-state index >= 15 is 0 Å². The summed E-state index contributed by atoms with van der Waals surface area (Å²) in [4.78, 5) is 4.06. The first-order valence-electron chi connectivity index (χ1n) is 4.89. The summed E-state index contributed by atoms with van der Waals surface area (Å²) in [5, 5.41) is 0. The van der Waals surface area contributed by atoms with E-state index in [9.17, 15) is 51.8 Å². The summed E-state index contributed by atoms with van der Waals surface area (Å²) in [7, 11) is -18.0. The molecule has 17 heteroatoms. The van der Waals surface area contributed by atoms with Gasteiger partial charge in [-0.3, -0.25) is 0 Å². The van der Waals surface area contributed by atoms with Crippen molar-refractivity contribution in [3.63, 3.8) is 0 Å². The van der Waals surface area contributed by atoms with Gasteiger partial charge in [0.1, 0.15) is 0 Å². The Morgan fingerprint density at radius 2 is 0.909 bits per heavy atom. The summed E-state index contributed by atoms with van der Waals surface area (Å²) in [5.41, 5.74) is 0. The number of halogens is 12. The summed E-state index contributed by atoms with van der Waals surface area (Å²) in [6, 6.07) is 6.02. The van der Waals surface area contributed by atoms with Crippen LogP contribution in [0.15, 0.2) is 24.4 Å². The molecule has 126 valence electrons. The standard InChI is InChI=1S/C5H4N.3BF4.K/c1-2-4-6-5-3-1;3*2-1(3,4)5;/h1-4H;;;;/q;3*-1;. The van der Waals surface area contributed by atoms with Crippen LogP contribution in [-0.4, -0.2) is 75.7 Å². The molecule has 1 aromatic heterocycles. The van der Waals surface area contributed by atoms with Crippen LogP contribution in [0.2, 0.25) is 0 Å². The van der Waals surface area contributed by atoms with Gasteiger partial charge in [-0.15, -0.1) is 0 Å². The molecule has 0 saturated carbocycles. The predicted molar refractivity (Wildman–Crippen MR) is 60.2 cm³/mol. The van der Waals surface area contributed by atoms with Crippen molar-refractivity contribution in [2.75, 3.05) is 0 Å². The number of aromatic nitrogens is 1. The molecule has 0 aliphatic heterocycles. The predicted octanol–water partition coefficient (Wildman–Crippen LogP) is 3.78. The molecule has 0 saturated heterocycles. The third-order valence-electron chi connectivity index (χ3n) is 0.813. The van der Waals surface area contributed by atoms with Crippen molar-refractivity contribution in [3.8, 4) is 0 Å². The van der Waals surface area contributed by atoms with Gasteiger partial charge in [0.15, 0.2) is 0 Å². The minimum atomic E-state index is -6.00. The Hall–Kier alpha value is 0.141. The van der Waals surface area contributed by atoms with E-state index in [2.05, 4.69) is 11.1 Å². The van der Waals surface area contributed by atoms with Gasteiger partial charge in [0.25, 0.3) is 0 Å². The second-order valence-electron chi connectivity index (χ2n) is 2.96. The minimum absolute atomic E-state index is 0.744. The summed E-state index contributed by atoms with van der Waals surface area (Å²) in [6.07, 6.45) is 1.83. The van der Waals surface area contributed by atoms with E-state index in [1.165, 1.54) is -0.212 Å². The van der Waals surface area contributed by atoms with Gasteiger partial charge in [0.2, 0.25) is 0 Å². The van der Waals surface area contributed by atoms with Gasteiger partial charge in [0, 0.05) is 0 Å². The van der Waals surface area contributed by atoms with Crippen molar-refractivity contribution in [1.29, 1.82) is 0 Å². The Kier molecular flexibility index (Phi) is 15.4. The SMILES string of the molecule is F[B-](F)(F)F.F[B-](F)(F)F.F[B-](F)(F)F.[K][c]1ccccn1. The van der Waals surface area contributed by atoms with Crippen LogP contribution in [0.5, 0.6) is 0 Å². The fourth-order valence-electron chi connectivity index (χ4n) is 0.448. The van der Waals surface area contributed by atoms with Crippen molar-refractivity contribution in [1.82, 2.24) is 4.98 Å². The zero-order valence-electron chi connectivity index (χ0n) is 10.5. The van der Waals surface area contributed by atoms with E-state index in [0.717, 1.165) is 49.0 Å². The molecule has 0 aliphatic carbocycles. The van der Waals surface area contributed by atoms with E-state index < -0.39 is 21.8 Å². The molecule has 0 unspecified atom stereocenters. The Balaban J connectivity index is -0.000000223. The van der Waals surface area contributed by atoms with E-state index in [-0.39, 0.29) is 0 Å². The Labute approximate surface area is 150 Å². The van der Waals surface area contributed by atoms with Crippen molar-refractivity contribution in [2.24, 2.45) is 0 Å². The third-order valence-corrected chi connectivity index (χ3v) is 1.74. The second-order valence-corrected chi connectivity index (χ2v) is 4.56. The van der Waals surface area contributed by atoms with Crippen LogP contribution in [0, 0.1) is 0 Å². The molecule has 0 N–H and O–H groups in total. The molecular formula is C5H4B3F12KN-3. The third kappa shape index (κ3) is 111. The van der Waals surface area contributed by atoms with E-state index in [1.807, 2.05) is 18.3 Å². The molecule has 22 heavy (non-hydrogen) atoms. The van der Waals surface area contributed by atoms with Crippen molar-refractivity contribution in [2.45, 2.75) is 0 Å². The molecule has 0 aromatic carbocycles. The quantitative estimate of drug-likeness (QED) is 0.495. The van der Waals surface area contributed by atoms with Gasteiger partial charge in [0.05, 0.1) is 0 Å². The van der Waals surface area contributed by atoms with Crippen molar-refractivity contribution in [3.05, 3.63) is 24.4 Å². The molecular weight excluding hydrogens is 374 g/mol. The van der Waals surface area contributed by atoms with E-state index in [4.69, 9.17) is 0 Å². The molecule has 0 aliphatic rings. The Bertz CT molecular complexity index is 317. The molecule has 0 amide bonds. The summed E-state index contributed by atoms with van der Waals surface area (Å²) >= 11 is 0.744. The Morgan fingerprint density at radius 1 is 0.636 bits per heavy atom.